The van der Waals surface area contributed by atoms with E-state index in [0.29, 0.717) is 23.5 Å². The lowest BCUT2D eigenvalue weighted by Gasteiger charge is -2.35. The van der Waals surface area contributed by atoms with Crippen LogP contribution in [0.1, 0.15) is 31.2 Å². The van der Waals surface area contributed by atoms with E-state index in [1.807, 2.05) is 25.1 Å². The maximum absolute atomic E-state index is 13.2. The van der Waals surface area contributed by atoms with Crippen LogP contribution in [0.5, 0.6) is 0 Å². The van der Waals surface area contributed by atoms with Gasteiger partial charge in [-0.1, -0.05) is 25.0 Å². The fraction of sp³-hybridized carbons (Fsp3) is 0.550. The molecule has 2 heterocycles. The first-order valence-electron chi connectivity index (χ1n) is 9.62. The van der Waals surface area contributed by atoms with Crippen molar-refractivity contribution in [2.75, 3.05) is 32.7 Å². The van der Waals surface area contributed by atoms with Crippen LogP contribution in [0.25, 0.3) is 10.9 Å². The Balaban J connectivity index is 1.51. The summed E-state index contributed by atoms with van der Waals surface area (Å²) in [6.07, 6.45) is 7.11. The summed E-state index contributed by atoms with van der Waals surface area (Å²) in [5, 5.41) is 0.881. The SMILES string of the molecule is Cc1cnc2c(S(=O)(=O)N3CCN(CC4CCCC4)CC3)cccc2c1. The molecule has 0 atom stereocenters. The molecule has 1 aromatic heterocycles. The lowest BCUT2D eigenvalue weighted by atomic mass is 10.1. The molecule has 0 amide bonds. The molecule has 2 aromatic rings. The van der Waals surface area contributed by atoms with Crippen LogP contribution in [0.3, 0.4) is 0 Å². The normalized spacial score (nSPS) is 20.8. The number of rotatable bonds is 4. The highest BCUT2D eigenvalue weighted by molar-refractivity contribution is 7.89. The summed E-state index contributed by atoms with van der Waals surface area (Å²) in [6, 6.07) is 7.41. The second-order valence-electron chi connectivity index (χ2n) is 7.70. The molecule has 1 saturated heterocycles. The molecule has 4 rings (SSSR count). The number of sulfonamides is 1. The number of aromatic nitrogens is 1. The molecule has 1 aliphatic carbocycles. The Kier molecular flexibility index (Phi) is 4.99. The lowest BCUT2D eigenvalue weighted by Crippen LogP contribution is -2.49. The third-order valence-corrected chi connectivity index (χ3v) is 7.68. The van der Waals surface area contributed by atoms with Crippen LogP contribution in [-0.4, -0.2) is 55.3 Å². The third-order valence-electron chi connectivity index (χ3n) is 5.75. The third kappa shape index (κ3) is 3.50. The van der Waals surface area contributed by atoms with Gasteiger partial charge in [-0.3, -0.25) is 4.98 Å². The van der Waals surface area contributed by atoms with E-state index in [2.05, 4.69) is 9.88 Å². The average Bonchev–Trinajstić information content (AvgIpc) is 3.14. The van der Waals surface area contributed by atoms with Crippen LogP contribution in [0.2, 0.25) is 0 Å². The maximum atomic E-state index is 13.2. The monoisotopic (exact) mass is 373 g/mol. The summed E-state index contributed by atoms with van der Waals surface area (Å²) in [5.41, 5.74) is 1.61. The molecule has 2 aliphatic rings. The van der Waals surface area contributed by atoms with E-state index in [1.165, 1.54) is 25.7 Å². The quantitative estimate of drug-likeness (QED) is 0.827. The van der Waals surface area contributed by atoms with Gasteiger partial charge in [0.1, 0.15) is 4.90 Å². The molecule has 0 unspecified atom stereocenters. The number of hydrogen-bond acceptors (Lipinski definition) is 4. The van der Waals surface area contributed by atoms with Gasteiger partial charge in [0.25, 0.3) is 0 Å². The first-order valence-corrected chi connectivity index (χ1v) is 11.1. The summed E-state index contributed by atoms with van der Waals surface area (Å²) in [4.78, 5) is 7.18. The highest BCUT2D eigenvalue weighted by Gasteiger charge is 2.31. The lowest BCUT2D eigenvalue weighted by molar-refractivity contribution is 0.165. The van der Waals surface area contributed by atoms with Crippen LogP contribution in [0.4, 0.5) is 0 Å². The van der Waals surface area contributed by atoms with Crippen LogP contribution >= 0.6 is 0 Å². The minimum absolute atomic E-state index is 0.333. The van der Waals surface area contributed by atoms with Crippen LogP contribution in [0, 0.1) is 12.8 Å². The topological polar surface area (TPSA) is 53.5 Å². The van der Waals surface area contributed by atoms with Crippen molar-refractivity contribution >= 4 is 20.9 Å². The molecule has 2 fully saturated rings. The van der Waals surface area contributed by atoms with Gasteiger partial charge in [-0.25, -0.2) is 8.42 Å². The van der Waals surface area contributed by atoms with Gasteiger partial charge in [-0.05, 0) is 43.4 Å². The average molecular weight is 374 g/mol. The molecule has 1 aromatic carbocycles. The van der Waals surface area contributed by atoms with E-state index in [1.54, 1.807) is 16.6 Å². The summed E-state index contributed by atoms with van der Waals surface area (Å²) < 4.78 is 28.0. The van der Waals surface area contributed by atoms with Crippen molar-refractivity contribution in [3.05, 3.63) is 36.0 Å². The molecule has 0 N–H and O–H groups in total. The van der Waals surface area contributed by atoms with Crippen molar-refractivity contribution in [2.24, 2.45) is 5.92 Å². The smallest absolute Gasteiger partial charge is 0.245 e. The number of piperazine rings is 1. The van der Waals surface area contributed by atoms with Gasteiger partial charge >= 0.3 is 0 Å². The van der Waals surface area contributed by atoms with Gasteiger partial charge in [-0.2, -0.15) is 4.31 Å². The Morgan fingerprint density at radius 3 is 2.58 bits per heavy atom. The van der Waals surface area contributed by atoms with Gasteiger partial charge in [0.2, 0.25) is 10.0 Å². The molecular formula is C20H27N3O2S. The molecule has 140 valence electrons. The second-order valence-corrected chi connectivity index (χ2v) is 9.60. The van der Waals surface area contributed by atoms with Gasteiger partial charge in [-0.15, -0.1) is 0 Å². The van der Waals surface area contributed by atoms with E-state index in [-0.39, 0.29) is 0 Å². The highest BCUT2D eigenvalue weighted by atomic mass is 32.2. The highest BCUT2D eigenvalue weighted by Crippen LogP contribution is 2.28. The molecule has 0 bridgehead atoms. The van der Waals surface area contributed by atoms with Crippen molar-refractivity contribution in [2.45, 2.75) is 37.5 Å². The molecular weight excluding hydrogens is 346 g/mol. The largest absolute Gasteiger partial charge is 0.300 e. The summed E-state index contributed by atoms with van der Waals surface area (Å²) in [6.45, 7) is 5.88. The zero-order chi connectivity index (χ0) is 18.1. The predicted octanol–water partition coefficient (Wildman–Crippen LogP) is 3.04. The number of pyridine rings is 1. The Labute approximate surface area is 156 Å². The van der Waals surface area contributed by atoms with E-state index in [9.17, 15) is 8.42 Å². The molecule has 1 saturated carbocycles. The Morgan fingerprint density at radius 1 is 1.12 bits per heavy atom. The number of hydrogen-bond donors (Lipinski definition) is 0. The van der Waals surface area contributed by atoms with Gasteiger partial charge in [0, 0.05) is 44.3 Å². The number of fused-ring (bicyclic) bond motifs is 1. The van der Waals surface area contributed by atoms with E-state index in [0.717, 1.165) is 36.5 Å². The van der Waals surface area contributed by atoms with Gasteiger partial charge in [0.05, 0.1) is 5.52 Å². The fourth-order valence-electron chi connectivity index (χ4n) is 4.30. The van der Waals surface area contributed by atoms with Crippen molar-refractivity contribution in [3.8, 4) is 0 Å². The summed E-state index contributed by atoms with van der Waals surface area (Å²) in [5.74, 6) is 0.809. The molecule has 6 heteroatoms. The Bertz CT molecular complexity index is 883. The summed E-state index contributed by atoms with van der Waals surface area (Å²) in [7, 11) is -3.51. The van der Waals surface area contributed by atoms with E-state index < -0.39 is 10.0 Å². The molecule has 5 nitrogen and oxygen atoms in total. The zero-order valence-electron chi connectivity index (χ0n) is 15.4. The number of nitrogens with zero attached hydrogens (tertiary/aromatic N) is 3. The van der Waals surface area contributed by atoms with Gasteiger partial charge in [0.15, 0.2) is 0 Å². The predicted molar refractivity (Wildman–Crippen MR) is 104 cm³/mol. The van der Waals surface area contributed by atoms with Crippen molar-refractivity contribution < 1.29 is 8.42 Å². The second kappa shape index (κ2) is 7.25. The van der Waals surface area contributed by atoms with Crippen molar-refractivity contribution in [3.63, 3.8) is 0 Å². The van der Waals surface area contributed by atoms with Crippen molar-refractivity contribution in [1.29, 1.82) is 0 Å². The fourth-order valence-corrected chi connectivity index (χ4v) is 5.89. The minimum atomic E-state index is -3.51. The van der Waals surface area contributed by atoms with Crippen LogP contribution in [0.15, 0.2) is 35.4 Å². The molecule has 0 radical (unpaired) electrons. The standard InChI is InChI=1S/C20H27N3O2S/c1-16-13-18-7-4-8-19(20(18)21-14-16)26(24,25)23-11-9-22(10-12-23)15-17-5-2-3-6-17/h4,7-8,13-14,17H,2-3,5-6,9-12,15H2,1H3. The number of para-hydroxylation sites is 1. The van der Waals surface area contributed by atoms with Crippen molar-refractivity contribution in [1.82, 2.24) is 14.2 Å². The molecule has 1 aliphatic heterocycles. The zero-order valence-corrected chi connectivity index (χ0v) is 16.2. The summed E-state index contributed by atoms with van der Waals surface area (Å²) >= 11 is 0. The molecule has 26 heavy (non-hydrogen) atoms. The van der Waals surface area contributed by atoms with Crippen LogP contribution in [-0.2, 0) is 10.0 Å². The first-order chi connectivity index (χ1) is 12.5. The van der Waals surface area contributed by atoms with Crippen LogP contribution < -0.4 is 0 Å². The maximum Gasteiger partial charge on any atom is 0.245 e. The number of aryl methyl sites for hydroxylation is 1. The Morgan fingerprint density at radius 2 is 1.85 bits per heavy atom. The first kappa shape index (κ1) is 17.9. The van der Waals surface area contributed by atoms with Gasteiger partial charge < -0.3 is 4.90 Å². The number of benzene rings is 1. The minimum Gasteiger partial charge on any atom is -0.300 e. The molecule has 0 spiro atoms. The van der Waals surface area contributed by atoms with E-state index >= 15 is 0 Å². The van der Waals surface area contributed by atoms with E-state index in [4.69, 9.17) is 0 Å². The Hall–Kier alpha value is -1.50.